The molecule has 1 saturated heterocycles. The summed E-state index contributed by atoms with van der Waals surface area (Å²) in [6.45, 7) is 2.42. The van der Waals surface area contributed by atoms with Crippen molar-refractivity contribution >= 4 is 30.7 Å². The molecule has 1 amide bonds. The molecule has 1 atom stereocenters. The molecule has 0 aliphatic carbocycles. The van der Waals surface area contributed by atoms with Gasteiger partial charge in [-0.3, -0.25) is 4.79 Å². The highest BCUT2D eigenvalue weighted by Crippen LogP contribution is 2.08. The molecule has 0 aromatic rings. The van der Waals surface area contributed by atoms with Crippen LogP contribution in [-0.2, 0) is 4.79 Å². The Balaban J connectivity index is 0. The van der Waals surface area contributed by atoms with Crippen LogP contribution >= 0.6 is 24.8 Å². The van der Waals surface area contributed by atoms with Crippen LogP contribution in [0.15, 0.2) is 0 Å². The van der Waals surface area contributed by atoms with Gasteiger partial charge in [0.05, 0.1) is 6.54 Å². The van der Waals surface area contributed by atoms with Crippen molar-refractivity contribution in [3.05, 3.63) is 0 Å². The number of piperidine rings is 1. The van der Waals surface area contributed by atoms with Crippen molar-refractivity contribution in [1.29, 1.82) is 0 Å². The molecule has 104 valence electrons. The smallest absolute Gasteiger partial charge is 0.234 e. The number of hydrogen-bond donors (Lipinski definition) is 2. The molecule has 0 aromatic heterocycles. The summed E-state index contributed by atoms with van der Waals surface area (Å²) >= 11 is 0. The standard InChI is InChI=1S/C11H23N3O.2ClH/c1-14(2)9-11(15)13-8-6-10-5-3-4-7-12-10;;/h10,12H,3-9H2,1-2H3,(H,13,15);2*1H. The first-order valence-corrected chi connectivity index (χ1v) is 5.83. The Morgan fingerprint density at radius 3 is 2.59 bits per heavy atom. The van der Waals surface area contributed by atoms with E-state index in [1.54, 1.807) is 0 Å². The molecule has 17 heavy (non-hydrogen) atoms. The number of carbonyl (C=O) groups is 1. The molecule has 1 aliphatic heterocycles. The van der Waals surface area contributed by atoms with E-state index in [0.29, 0.717) is 12.6 Å². The molecule has 0 aromatic carbocycles. The molecule has 0 saturated carbocycles. The van der Waals surface area contributed by atoms with Crippen LogP contribution in [0, 0.1) is 0 Å². The average molecular weight is 286 g/mol. The summed E-state index contributed by atoms with van der Waals surface area (Å²) in [5.41, 5.74) is 0. The molecule has 2 N–H and O–H groups in total. The van der Waals surface area contributed by atoms with Crippen molar-refractivity contribution in [3.8, 4) is 0 Å². The van der Waals surface area contributed by atoms with Gasteiger partial charge in [0.15, 0.2) is 0 Å². The third kappa shape index (κ3) is 9.65. The molecule has 1 unspecified atom stereocenters. The predicted molar refractivity (Wildman–Crippen MR) is 76.3 cm³/mol. The normalized spacial score (nSPS) is 19.1. The number of hydrogen-bond acceptors (Lipinski definition) is 3. The minimum Gasteiger partial charge on any atom is -0.355 e. The quantitative estimate of drug-likeness (QED) is 0.794. The van der Waals surface area contributed by atoms with E-state index >= 15 is 0 Å². The summed E-state index contributed by atoms with van der Waals surface area (Å²) in [7, 11) is 3.81. The third-order valence-electron chi connectivity index (χ3n) is 2.69. The molecular formula is C11H25Cl2N3O. The summed E-state index contributed by atoms with van der Waals surface area (Å²) in [5.74, 6) is 0.121. The van der Waals surface area contributed by atoms with E-state index in [9.17, 15) is 4.79 Å². The summed E-state index contributed by atoms with van der Waals surface area (Å²) in [6, 6.07) is 0.610. The number of nitrogens with one attached hydrogen (secondary N) is 2. The number of halogens is 2. The summed E-state index contributed by atoms with van der Waals surface area (Å²) in [6.07, 6.45) is 4.93. The van der Waals surface area contributed by atoms with Gasteiger partial charge in [-0.1, -0.05) is 6.42 Å². The fraction of sp³-hybridized carbons (Fsp3) is 0.909. The first kappa shape index (κ1) is 19.3. The zero-order valence-electron chi connectivity index (χ0n) is 10.7. The highest BCUT2D eigenvalue weighted by molar-refractivity contribution is 5.85. The molecule has 1 heterocycles. The Kier molecular flexibility index (Phi) is 12.6. The second-order valence-electron chi connectivity index (χ2n) is 4.52. The van der Waals surface area contributed by atoms with Gasteiger partial charge in [0.25, 0.3) is 0 Å². The van der Waals surface area contributed by atoms with E-state index in [1.165, 1.54) is 19.3 Å². The van der Waals surface area contributed by atoms with Crippen molar-refractivity contribution in [3.63, 3.8) is 0 Å². The van der Waals surface area contributed by atoms with Crippen LogP contribution in [0.3, 0.4) is 0 Å². The van der Waals surface area contributed by atoms with Crippen LogP contribution in [0.2, 0.25) is 0 Å². The van der Waals surface area contributed by atoms with Crippen LogP contribution in [0.1, 0.15) is 25.7 Å². The van der Waals surface area contributed by atoms with Gasteiger partial charge in [-0.15, -0.1) is 24.8 Å². The maximum atomic E-state index is 11.3. The minimum absolute atomic E-state index is 0. The van der Waals surface area contributed by atoms with Gasteiger partial charge in [0, 0.05) is 12.6 Å². The van der Waals surface area contributed by atoms with Gasteiger partial charge >= 0.3 is 0 Å². The van der Waals surface area contributed by atoms with Crippen molar-refractivity contribution in [2.75, 3.05) is 33.7 Å². The van der Waals surface area contributed by atoms with Crippen LogP contribution < -0.4 is 10.6 Å². The third-order valence-corrected chi connectivity index (χ3v) is 2.69. The molecule has 6 heteroatoms. The van der Waals surface area contributed by atoms with Gasteiger partial charge in [-0.2, -0.15) is 0 Å². The Labute approximate surface area is 117 Å². The Hall–Kier alpha value is -0.0300. The molecule has 1 fully saturated rings. The van der Waals surface area contributed by atoms with E-state index in [4.69, 9.17) is 0 Å². The molecular weight excluding hydrogens is 261 g/mol. The molecule has 1 rings (SSSR count). The van der Waals surface area contributed by atoms with E-state index in [0.717, 1.165) is 19.5 Å². The minimum atomic E-state index is 0. The zero-order chi connectivity index (χ0) is 11.1. The second-order valence-corrected chi connectivity index (χ2v) is 4.52. The fourth-order valence-corrected chi connectivity index (χ4v) is 1.90. The van der Waals surface area contributed by atoms with Gasteiger partial charge in [0.2, 0.25) is 5.91 Å². The highest BCUT2D eigenvalue weighted by atomic mass is 35.5. The number of nitrogens with zero attached hydrogens (tertiary/aromatic N) is 1. The lowest BCUT2D eigenvalue weighted by Crippen LogP contribution is -2.39. The number of carbonyl (C=O) groups excluding carboxylic acids is 1. The van der Waals surface area contributed by atoms with Crippen LogP contribution in [0.5, 0.6) is 0 Å². The lowest BCUT2D eigenvalue weighted by molar-refractivity contribution is -0.121. The van der Waals surface area contributed by atoms with Crippen LogP contribution in [0.4, 0.5) is 0 Å². The monoisotopic (exact) mass is 285 g/mol. The summed E-state index contributed by atoms with van der Waals surface area (Å²) in [4.78, 5) is 13.2. The summed E-state index contributed by atoms with van der Waals surface area (Å²) in [5, 5.41) is 6.41. The second kappa shape index (κ2) is 11.1. The lowest BCUT2D eigenvalue weighted by atomic mass is 10.0. The summed E-state index contributed by atoms with van der Waals surface area (Å²) < 4.78 is 0. The Morgan fingerprint density at radius 2 is 2.06 bits per heavy atom. The maximum Gasteiger partial charge on any atom is 0.234 e. The zero-order valence-corrected chi connectivity index (χ0v) is 12.3. The van der Waals surface area contributed by atoms with E-state index in [-0.39, 0.29) is 30.7 Å². The first-order valence-electron chi connectivity index (χ1n) is 5.83. The molecule has 0 radical (unpaired) electrons. The van der Waals surface area contributed by atoms with Crippen molar-refractivity contribution in [2.24, 2.45) is 0 Å². The highest BCUT2D eigenvalue weighted by Gasteiger charge is 2.12. The topological polar surface area (TPSA) is 44.4 Å². The van der Waals surface area contributed by atoms with E-state index < -0.39 is 0 Å². The molecule has 1 aliphatic rings. The molecule has 4 nitrogen and oxygen atoms in total. The Bertz CT molecular complexity index is 197. The predicted octanol–water partition coefficient (Wildman–Crippen LogP) is 1.04. The van der Waals surface area contributed by atoms with Gasteiger partial charge in [-0.05, 0) is 39.9 Å². The largest absolute Gasteiger partial charge is 0.355 e. The van der Waals surface area contributed by atoms with Crippen molar-refractivity contribution in [1.82, 2.24) is 15.5 Å². The SMILES string of the molecule is CN(C)CC(=O)NCCC1CCCCN1.Cl.Cl. The average Bonchev–Trinajstić information content (AvgIpc) is 2.18. The molecule has 0 spiro atoms. The fourth-order valence-electron chi connectivity index (χ4n) is 1.90. The van der Waals surface area contributed by atoms with Crippen LogP contribution in [-0.4, -0.2) is 50.6 Å². The van der Waals surface area contributed by atoms with E-state index in [1.807, 2.05) is 19.0 Å². The van der Waals surface area contributed by atoms with Crippen molar-refractivity contribution < 1.29 is 4.79 Å². The van der Waals surface area contributed by atoms with E-state index in [2.05, 4.69) is 10.6 Å². The van der Waals surface area contributed by atoms with Gasteiger partial charge in [-0.25, -0.2) is 0 Å². The van der Waals surface area contributed by atoms with Crippen LogP contribution in [0.25, 0.3) is 0 Å². The number of rotatable bonds is 5. The van der Waals surface area contributed by atoms with Crippen molar-refractivity contribution in [2.45, 2.75) is 31.7 Å². The maximum absolute atomic E-state index is 11.3. The van der Waals surface area contributed by atoms with Gasteiger partial charge in [0.1, 0.15) is 0 Å². The number of amides is 1. The Morgan fingerprint density at radius 1 is 1.35 bits per heavy atom. The van der Waals surface area contributed by atoms with Gasteiger partial charge < -0.3 is 15.5 Å². The lowest BCUT2D eigenvalue weighted by Gasteiger charge is -2.23. The number of likely N-dealkylation sites (N-methyl/N-ethyl adjacent to an activating group) is 1. The molecule has 0 bridgehead atoms. The first-order chi connectivity index (χ1) is 7.18.